The first kappa shape index (κ1) is 23.6. The number of methoxy groups -OCH3 is 2. The Kier molecular flexibility index (Phi) is 7.05. The molecule has 0 aliphatic carbocycles. The maximum atomic E-state index is 13.2. The number of ether oxygens (including phenoxy) is 2. The van der Waals surface area contributed by atoms with Crippen LogP contribution in [0.4, 0.5) is 4.79 Å². The maximum absolute atomic E-state index is 13.2. The summed E-state index contributed by atoms with van der Waals surface area (Å²) in [6.07, 6.45) is 3.43. The number of carbonyl (C=O) groups excluding carboxylic acids is 3. The Balaban J connectivity index is 1.43. The van der Waals surface area contributed by atoms with Crippen LogP contribution in [0.25, 0.3) is 0 Å². The third-order valence-electron chi connectivity index (χ3n) is 6.93. The number of amides is 4. The van der Waals surface area contributed by atoms with E-state index >= 15 is 0 Å². The van der Waals surface area contributed by atoms with Crippen molar-refractivity contribution >= 4 is 17.8 Å². The molecule has 2 fully saturated rings. The van der Waals surface area contributed by atoms with Crippen LogP contribution in [-0.4, -0.2) is 55.6 Å². The van der Waals surface area contributed by atoms with Crippen molar-refractivity contribution in [1.29, 1.82) is 0 Å². The van der Waals surface area contributed by atoms with E-state index in [1.807, 2.05) is 18.2 Å². The standard InChI is InChI=1S/C26H31N3O5/c1-33-21-15-19(16-22(17-21)34-2)23(30)29-13-10-20(11-14-29)26(24(31)27-25(32)28-26)12-6-9-18-7-4-3-5-8-18/h3-5,7-8,15-17,20H,6,9-14H2,1-2H3,(H2,27,28,31,32)/t26-/m1/s1. The summed E-state index contributed by atoms with van der Waals surface area (Å²) in [5, 5.41) is 5.38. The number of hydrogen-bond donors (Lipinski definition) is 2. The molecule has 34 heavy (non-hydrogen) atoms. The molecule has 2 aliphatic heterocycles. The largest absolute Gasteiger partial charge is 0.497 e. The first-order valence-corrected chi connectivity index (χ1v) is 11.6. The van der Waals surface area contributed by atoms with Gasteiger partial charge in [-0.2, -0.15) is 0 Å². The second-order valence-corrected chi connectivity index (χ2v) is 8.89. The van der Waals surface area contributed by atoms with Gasteiger partial charge >= 0.3 is 6.03 Å². The number of hydrogen-bond acceptors (Lipinski definition) is 5. The minimum atomic E-state index is -0.930. The number of nitrogens with one attached hydrogen (secondary N) is 2. The van der Waals surface area contributed by atoms with Crippen LogP contribution in [0.5, 0.6) is 11.5 Å². The van der Waals surface area contributed by atoms with E-state index in [1.54, 1.807) is 37.3 Å². The van der Waals surface area contributed by atoms with Crippen molar-refractivity contribution in [1.82, 2.24) is 15.5 Å². The first-order chi connectivity index (χ1) is 16.4. The van der Waals surface area contributed by atoms with E-state index in [-0.39, 0.29) is 17.7 Å². The topological polar surface area (TPSA) is 97.0 Å². The van der Waals surface area contributed by atoms with Gasteiger partial charge in [0.1, 0.15) is 17.0 Å². The van der Waals surface area contributed by atoms with Crippen LogP contribution in [0.15, 0.2) is 48.5 Å². The third-order valence-corrected chi connectivity index (χ3v) is 6.93. The monoisotopic (exact) mass is 465 g/mol. The van der Waals surface area contributed by atoms with Gasteiger partial charge in [-0.15, -0.1) is 0 Å². The maximum Gasteiger partial charge on any atom is 0.322 e. The zero-order valence-electron chi connectivity index (χ0n) is 19.6. The lowest BCUT2D eigenvalue weighted by Crippen LogP contribution is -2.56. The van der Waals surface area contributed by atoms with Gasteiger partial charge in [0.05, 0.1) is 14.2 Å². The highest BCUT2D eigenvalue weighted by Crippen LogP contribution is 2.35. The van der Waals surface area contributed by atoms with Crippen LogP contribution in [-0.2, 0) is 11.2 Å². The summed E-state index contributed by atoms with van der Waals surface area (Å²) in [7, 11) is 3.10. The number of nitrogens with zero attached hydrogens (tertiary/aromatic N) is 1. The Hall–Kier alpha value is -3.55. The number of urea groups is 1. The van der Waals surface area contributed by atoms with Crippen LogP contribution < -0.4 is 20.1 Å². The normalized spacial score (nSPS) is 20.6. The van der Waals surface area contributed by atoms with Gasteiger partial charge in [0.15, 0.2) is 0 Å². The molecule has 0 radical (unpaired) electrons. The van der Waals surface area contributed by atoms with Crippen molar-refractivity contribution in [2.24, 2.45) is 5.92 Å². The number of piperidine rings is 1. The van der Waals surface area contributed by atoms with Crippen molar-refractivity contribution in [3.8, 4) is 11.5 Å². The van der Waals surface area contributed by atoms with Crippen molar-refractivity contribution in [2.75, 3.05) is 27.3 Å². The fourth-order valence-electron chi connectivity index (χ4n) is 5.08. The molecule has 2 aromatic carbocycles. The van der Waals surface area contributed by atoms with E-state index in [0.29, 0.717) is 49.4 Å². The Labute approximate surface area is 199 Å². The fraction of sp³-hybridized carbons (Fsp3) is 0.423. The molecular formula is C26H31N3O5. The van der Waals surface area contributed by atoms with Gasteiger partial charge in [-0.3, -0.25) is 14.9 Å². The zero-order valence-corrected chi connectivity index (χ0v) is 19.6. The Morgan fingerprint density at radius 2 is 1.68 bits per heavy atom. The van der Waals surface area contributed by atoms with Gasteiger partial charge in [-0.1, -0.05) is 30.3 Å². The molecule has 2 saturated heterocycles. The average Bonchev–Trinajstić information content (AvgIpc) is 3.17. The van der Waals surface area contributed by atoms with Crippen molar-refractivity contribution in [3.05, 3.63) is 59.7 Å². The lowest BCUT2D eigenvalue weighted by molar-refractivity contribution is -0.127. The molecule has 180 valence electrons. The molecule has 2 aromatic rings. The average molecular weight is 466 g/mol. The summed E-state index contributed by atoms with van der Waals surface area (Å²) in [5.74, 6) is 0.709. The van der Waals surface area contributed by atoms with Crippen LogP contribution in [0, 0.1) is 5.92 Å². The molecule has 0 spiro atoms. The number of carbonyl (C=O) groups is 3. The predicted molar refractivity (Wildman–Crippen MR) is 127 cm³/mol. The van der Waals surface area contributed by atoms with E-state index in [4.69, 9.17) is 9.47 Å². The van der Waals surface area contributed by atoms with Gasteiger partial charge in [0.25, 0.3) is 11.8 Å². The van der Waals surface area contributed by atoms with Crippen LogP contribution >= 0.6 is 0 Å². The summed E-state index contributed by atoms with van der Waals surface area (Å²) in [5.41, 5.74) is 0.774. The summed E-state index contributed by atoms with van der Waals surface area (Å²) in [6, 6.07) is 14.8. The van der Waals surface area contributed by atoms with Gasteiger partial charge in [-0.25, -0.2) is 4.79 Å². The number of imide groups is 1. The predicted octanol–water partition coefficient (Wildman–Crippen LogP) is 3.16. The first-order valence-electron chi connectivity index (χ1n) is 11.6. The molecule has 2 heterocycles. The summed E-state index contributed by atoms with van der Waals surface area (Å²) >= 11 is 0. The van der Waals surface area contributed by atoms with E-state index in [9.17, 15) is 14.4 Å². The van der Waals surface area contributed by atoms with Crippen molar-refractivity contribution in [3.63, 3.8) is 0 Å². The van der Waals surface area contributed by atoms with Crippen LogP contribution in [0.3, 0.4) is 0 Å². The third kappa shape index (κ3) is 4.85. The molecule has 4 amide bonds. The Morgan fingerprint density at radius 1 is 1.03 bits per heavy atom. The van der Waals surface area contributed by atoms with Gasteiger partial charge in [0.2, 0.25) is 0 Å². The summed E-state index contributed by atoms with van der Waals surface area (Å²) in [6.45, 7) is 1.01. The second-order valence-electron chi connectivity index (χ2n) is 8.89. The highest BCUT2D eigenvalue weighted by atomic mass is 16.5. The van der Waals surface area contributed by atoms with Crippen LogP contribution in [0.1, 0.15) is 41.6 Å². The highest BCUT2D eigenvalue weighted by Gasteiger charge is 2.51. The highest BCUT2D eigenvalue weighted by molar-refractivity contribution is 6.07. The van der Waals surface area contributed by atoms with E-state index in [1.165, 1.54) is 5.56 Å². The molecular weight excluding hydrogens is 434 g/mol. The van der Waals surface area contributed by atoms with E-state index in [2.05, 4.69) is 22.8 Å². The van der Waals surface area contributed by atoms with E-state index in [0.717, 1.165) is 12.8 Å². The lowest BCUT2D eigenvalue weighted by atomic mass is 9.74. The Morgan fingerprint density at radius 3 is 2.24 bits per heavy atom. The second kappa shape index (κ2) is 10.2. The molecule has 2 aliphatic rings. The summed E-state index contributed by atoms with van der Waals surface area (Å²) < 4.78 is 10.6. The number of likely N-dealkylation sites (tertiary alicyclic amines) is 1. The van der Waals surface area contributed by atoms with Gasteiger partial charge in [-0.05, 0) is 55.7 Å². The fourth-order valence-corrected chi connectivity index (χ4v) is 5.08. The molecule has 0 unspecified atom stereocenters. The zero-order chi connectivity index (χ0) is 24.1. The molecule has 0 aromatic heterocycles. The molecule has 8 nitrogen and oxygen atoms in total. The smallest absolute Gasteiger partial charge is 0.322 e. The molecule has 2 N–H and O–H groups in total. The minimum Gasteiger partial charge on any atom is -0.497 e. The number of benzene rings is 2. The minimum absolute atomic E-state index is 0.0429. The van der Waals surface area contributed by atoms with Crippen LogP contribution in [0.2, 0.25) is 0 Å². The molecule has 4 rings (SSSR count). The molecule has 8 heteroatoms. The van der Waals surface area contributed by atoms with Gasteiger partial charge in [0, 0.05) is 24.7 Å². The van der Waals surface area contributed by atoms with Crippen molar-refractivity contribution < 1.29 is 23.9 Å². The van der Waals surface area contributed by atoms with Gasteiger partial charge < -0.3 is 19.7 Å². The Bertz CT molecular complexity index is 1030. The molecule has 0 saturated carbocycles. The summed E-state index contributed by atoms with van der Waals surface area (Å²) in [4.78, 5) is 40.0. The number of rotatable bonds is 8. The quantitative estimate of drug-likeness (QED) is 0.584. The van der Waals surface area contributed by atoms with Crippen molar-refractivity contribution in [2.45, 2.75) is 37.6 Å². The van der Waals surface area contributed by atoms with E-state index < -0.39 is 11.6 Å². The molecule has 0 bridgehead atoms. The SMILES string of the molecule is COc1cc(OC)cc(C(=O)N2CCC([C@@]3(CCCc4ccccc4)NC(=O)NC3=O)CC2)c1. The number of aryl methyl sites for hydroxylation is 1. The molecule has 1 atom stereocenters. The lowest BCUT2D eigenvalue weighted by Gasteiger charge is -2.40.